The molecule has 1 aromatic carbocycles. The predicted octanol–water partition coefficient (Wildman–Crippen LogP) is 2.48. The molecular weight excluding hydrogens is 294 g/mol. The summed E-state index contributed by atoms with van der Waals surface area (Å²) < 4.78 is 0. The van der Waals surface area contributed by atoms with Crippen molar-refractivity contribution in [3.05, 3.63) is 23.3 Å². The smallest absolute Gasteiger partial charge is 0.160 e. The zero-order valence-corrected chi connectivity index (χ0v) is 12.3. The van der Waals surface area contributed by atoms with Gasteiger partial charge in [0.05, 0.1) is 0 Å². The fourth-order valence-electron chi connectivity index (χ4n) is 3.45. The molecule has 1 aliphatic carbocycles. The summed E-state index contributed by atoms with van der Waals surface area (Å²) in [5, 5.41) is 19.5. The molecule has 3 nitrogen and oxygen atoms in total. The molecule has 0 aromatic heterocycles. The Balaban J connectivity index is 0.00000120. The van der Waals surface area contributed by atoms with Crippen molar-refractivity contribution < 1.29 is 10.2 Å². The highest BCUT2D eigenvalue weighted by Gasteiger charge is 2.35. The lowest BCUT2D eigenvalue weighted by molar-refractivity contribution is 0.111. The number of likely N-dealkylation sites (tertiary alicyclic amines) is 1. The highest BCUT2D eigenvalue weighted by molar-refractivity contribution is 8.93. The zero-order chi connectivity index (χ0) is 12.0. The van der Waals surface area contributed by atoms with E-state index in [4.69, 9.17) is 0 Å². The number of benzene rings is 1. The van der Waals surface area contributed by atoms with E-state index in [0.29, 0.717) is 12.0 Å². The Hall–Kier alpha value is -0.740. The molecule has 2 atom stereocenters. The number of phenolic OH excluding ortho intramolecular Hbond substituents is 2. The van der Waals surface area contributed by atoms with Crippen molar-refractivity contribution in [2.75, 3.05) is 13.6 Å². The van der Waals surface area contributed by atoms with Crippen LogP contribution in [0.5, 0.6) is 11.5 Å². The van der Waals surface area contributed by atoms with E-state index in [9.17, 15) is 10.2 Å². The zero-order valence-electron chi connectivity index (χ0n) is 10.6. The van der Waals surface area contributed by atoms with Crippen LogP contribution >= 0.6 is 17.0 Å². The van der Waals surface area contributed by atoms with Crippen LogP contribution in [-0.2, 0) is 12.8 Å². The van der Waals surface area contributed by atoms with Gasteiger partial charge in [-0.15, -0.1) is 17.0 Å². The second-order valence-corrected chi connectivity index (χ2v) is 5.43. The lowest BCUT2D eigenvalue weighted by Crippen LogP contribution is -2.47. The van der Waals surface area contributed by atoms with Crippen LogP contribution in [0, 0.1) is 5.92 Å². The third-order valence-electron chi connectivity index (χ3n) is 4.45. The first-order chi connectivity index (χ1) is 8.16. The number of rotatable bonds is 0. The Morgan fingerprint density at radius 2 is 2.00 bits per heavy atom. The summed E-state index contributed by atoms with van der Waals surface area (Å²) >= 11 is 0. The summed E-state index contributed by atoms with van der Waals surface area (Å²) in [6.45, 7) is 1.18. The van der Waals surface area contributed by atoms with E-state index >= 15 is 0 Å². The summed E-state index contributed by atoms with van der Waals surface area (Å²) in [7, 11) is 2.20. The van der Waals surface area contributed by atoms with Crippen molar-refractivity contribution in [2.24, 2.45) is 5.92 Å². The van der Waals surface area contributed by atoms with Crippen LogP contribution in [0.2, 0.25) is 0 Å². The molecule has 1 heterocycles. The van der Waals surface area contributed by atoms with E-state index in [2.05, 4.69) is 11.9 Å². The summed E-state index contributed by atoms with van der Waals surface area (Å²) in [4.78, 5) is 2.45. The number of halogens is 1. The molecule has 1 saturated heterocycles. The number of piperidine rings is 1. The molecule has 0 amide bonds. The van der Waals surface area contributed by atoms with Crippen LogP contribution in [0.3, 0.4) is 0 Å². The van der Waals surface area contributed by atoms with Gasteiger partial charge in [0.25, 0.3) is 0 Å². The predicted molar refractivity (Wildman–Crippen MR) is 76.6 cm³/mol. The van der Waals surface area contributed by atoms with Crippen LogP contribution < -0.4 is 0 Å². The topological polar surface area (TPSA) is 43.7 Å². The maximum absolute atomic E-state index is 9.94. The quantitative estimate of drug-likeness (QED) is 0.723. The summed E-state index contributed by atoms with van der Waals surface area (Å²) in [5.74, 6) is 0.759. The standard InChI is InChI=1S/C14H19NO2.BrH/c1-15-6-2-3-10-7-11-9(8-12(10)15)4-5-13(16)14(11)17;/h4-5,10,12,16-17H,2-3,6-8H2,1H3;1H/t10?,12-;/m1./s1. The second kappa shape index (κ2) is 5.10. The molecular formula is C14H20BrNO2. The Morgan fingerprint density at radius 3 is 2.78 bits per heavy atom. The summed E-state index contributed by atoms with van der Waals surface area (Å²) in [6, 6.07) is 4.18. The van der Waals surface area contributed by atoms with Crippen molar-refractivity contribution in [3.8, 4) is 11.5 Å². The van der Waals surface area contributed by atoms with Gasteiger partial charge >= 0.3 is 0 Å². The van der Waals surface area contributed by atoms with E-state index in [1.54, 1.807) is 6.07 Å². The van der Waals surface area contributed by atoms with Gasteiger partial charge in [0.15, 0.2) is 11.5 Å². The van der Waals surface area contributed by atoms with Gasteiger partial charge in [-0.3, -0.25) is 0 Å². The molecule has 1 fully saturated rings. The molecule has 0 saturated carbocycles. The number of aromatic hydroxyl groups is 2. The van der Waals surface area contributed by atoms with Crippen molar-refractivity contribution in [1.29, 1.82) is 0 Å². The Bertz CT molecular complexity index is 450. The van der Waals surface area contributed by atoms with Crippen LogP contribution in [0.1, 0.15) is 24.0 Å². The number of nitrogens with zero attached hydrogens (tertiary/aromatic N) is 1. The molecule has 0 spiro atoms. The first-order valence-electron chi connectivity index (χ1n) is 6.39. The molecule has 2 N–H and O–H groups in total. The number of hydrogen-bond donors (Lipinski definition) is 2. The van der Waals surface area contributed by atoms with Gasteiger partial charge in [-0.2, -0.15) is 0 Å². The number of fused-ring (bicyclic) bond motifs is 2. The van der Waals surface area contributed by atoms with Gasteiger partial charge in [0, 0.05) is 11.6 Å². The molecule has 18 heavy (non-hydrogen) atoms. The largest absolute Gasteiger partial charge is 0.504 e. The normalized spacial score (nSPS) is 26.9. The van der Waals surface area contributed by atoms with Gasteiger partial charge in [-0.05, 0) is 56.8 Å². The Morgan fingerprint density at radius 1 is 1.22 bits per heavy atom. The lowest BCUT2D eigenvalue weighted by Gasteiger charge is -2.43. The van der Waals surface area contributed by atoms with Crippen molar-refractivity contribution in [1.82, 2.24) is 4.90 Å². The van der Waals surface area contributed by atoms with Crippen LogP contribution in [0.4, 0.5) is 0 Å². The molecule has 2 aliphatic rings. The molecule has 1 unspecified atom stereocenters. The van der Waals surface area contributed by atoms with E-state index in [-0.39, 0.29) is 28.5 Å². The summed E-state index contributed by atoms with van der Waals surface area (Å²) in [5.41, 5.74) is 2.18. The average Bonchev–Trinajstić information content (AvgIpc) is 2.33. The molecule has 100 valence electrons. The second-order valence-electron chi connectivity index (χ2n) is 5.43. The molecule has 1 aromatic rings. The van der Waals surface area contributed by atoms with E-state index in [0.717, 1.165) is 18.4 Å². The maximum atomic E-state index is 9.94. The first kappa shape index (κ1) is 13.7. The number of likely N-dealkylation sites (N-methyl/N-ethyl adjacent to an activating group) is 1. The fraction of sp³-hybridized carbons (Fsp3) is 0.571. The Labute approximate surface area is 118 Å². The number of phenols is 2. The third kappa shape index (κ3) is 2.12. The minimum absolute atomic E-state index is 0. The van der Waals surface area contributed by atoms with Crippen molar-refractivity contribution in [2.45, 2.75) is 31.7 Å². The highest BCUT2D eigenvalue weighted by atomic mass is 79.9. The van der Waals surface area contributed by atoms with E-state index in [1.807, 2.05) is 6.07 Å². The molecule has 1 aliphatic heterocycles. The molecule has 0 bridgehead atoms. The third-order valence-corrected chi connectivity index (χ3v) is 4.45. The number of hydrogen-bond acceptors (Lipinski definition) is 3. The highest BCUT2D eigenvalue weighted by Crippen LogP contribution is 2.41. The SMILES string of the molecule is Br.CN1CCCC2Cc3c(ccc(O)c3O)C[C@H]21. The lowest BCUT2D eigenvalue weighted by atomic mass is 9.75. The monoisotopic (exact) mass is 313 g/mol. The van der Waals surface area contributed by atoms with Crippen LogP contribution in [-0.4, -0.2) is 34.7 Å². The van der Waals surface area contributed by atoms with Crippen LogP contribution in [0.15, 0.2) is 12.1 Å². The minimum atomic E-state index is 0. The molecule has 4 heteroatoms. The van der Waals surface area contributed by atoms with Gasteiger partial charge in [0.1, 0.15) is 0 Å². The Kier molecular flexibility index (Phi) is 3.87. The minimum Gasteiger partial charge on any atom is -0.504 e. The van der Waals surface area contributed by atoms with Gasteiger partial charge < -0.3 is 15.1 Å². The maximum Gasteiger partial charge on any atom is 0.160 e. The van der Waals surface area contributed by atoms with Crippen molar-refractivity contribution >= 4 is 17.0 Å². The van der Waals surface area contributed by atoms with Crippen molar-refractivity contribution in [3.63, 3.8) is 0 Å². The van der Waals surface area contributed by atoms with E-state index < -0.39 is 0 Å². The first-order valence-corrected chi connectivity index (χ1v) is 6.39. The fourth-order valence-corrected chi connectivity index (χ4v) is 3.45. The van der Waals surface area contributed by atoms with Crippen LogP contribution in [0.25, 0.3) is 0 Å². The van der Waals surface area contributed by atoms with Gasteiger partial charge in [-0.25, -0.2) is 0 Å². The average molecular weight is 314 g/mol. The molecule has 3 rings (SSSR count). The molecule has 0 radical (unpaired) electrons. The summed E-state index contributed by atoms with van der Waals surface area (Å²) in [6.07, 6.45) is 4.39. The van der Waals surface area contributed by atoms with E-state index in [1.165, 1.54) is 24.9 Å². The van der Waals surface area contributed by atoms with Gasteiger partial charge in [-0.1, -0.05) is 6.07 Å². The van der Waals surface area contributed by atoms with Gasteiger partial charge in [0.2, 0.25) is 0 Å².